The molecule has 2 unspecified atom stereocenters. The van der Waals surface area contributed by atoms with Crippen LogP contribution in [-0.2, 0) is 16.0 Å². The molecule has 1 aliphatic heterocycles. The maximum absolute atomic E-state index is 12.6. The summed E-state index contributed by atoms with van der Waals surface area (Å²) < 4.78 is 6.24. The summed E-state index contributed by atoms with van der Waals surface area (Å²) in [6.45, 7) is 3.60. The Morgan fingerprint density at radius 1 is 1.50 bits per heavy atom. The predicted octanol–water partition coefficient (Wildman–Crippen LogP) is 3.15. The molecule has 0 bridgehead atoms. The molecule has 2 N–H and O–H groups in total. The average molecular weight is 397 g/mol. The first-order valence-corrected chi connectivity index (χ1v) is 9.70. The molecule has 0 radical (unpaired) electrons. The van der Waals surface area contributed by atoms with Gasteiger partial charge in [0, 0.05) is 30.7 Å². The number of methoxy groups -OCH3 is 1. The molecule has 5 heteroatoms. The van der Waals surface area contributed by atoms with Gasteiger partial charge in [-0.15, -0.1) is 0 Å². The Hall–Kier alpha value is -0.910. The summed E-state index contributed by atoms with van der Waals surface area (Å²) in [5.74, 6) is 0.807. The number of hydrogen-bond donors (Lipinski definition) is 2. The van der Waals surface area contributed by atoms with Crippen LogP contribution in [0.15, 0.2) is 28.7 Å². The van der Waals surface area contributed by atoms with E-state index in [0.717, 1.165) is 43.4 Å². The van der Waals surface area contributed by atoms with Crippen LogP contribution >= 0.6 is 15.9 Å². The maximum Gasteiger partial charge on any atom is 0.223 e. The lowest BCUT2D eigenvalue weighted by molar-refractivity contribution is -0.125. The molecule has 0 aromatic heterocycles. The molecule has 0 aliphatic carbocycles. The van der Waals surface area contributed by atoms with Crippen molar-refractivity contribution < 1.29 is 9.53 Å². The predicted molar refractivity (Wildman–Crippen MR) is 101 cm³/mol. The fourth-order valence-electron chi connectivity index (χ4n) is 3.25. The van der Waals surface area contributed by atoms with Crippen LogP contribution in [-0.4, -0.2) is 39.3 Å². The molecule has 4 nitrogen and oxygen atoms in total. The summed E-state index contributed by atoms with van der Waals surface area (Å²) in [5.41, 5.74) is 1.18. The summed E-state index contributed by atoms with van der Waals surface area (Å²) in [4.78, 5) is 12.6. The van der Waals surface area contributed by atoms with E-state index >= 15 is 0 Å². The van der Waals surface area contributed by atoms with Gasteiger partial charge in [-0.05, 0) is 68.8 Å². The smallest absolute Gasteiger partial charge is 0.223 e. The van der Waals surface area contributed by atoms with Gasteiger partial charge < -0.3 is 15.4 Å². The van der Waals surface area contributed by atoms with E-state index in [2.05, 4.69) is 38.7 Å². The molecule has 1 saturated heterocycles. The zero-order chi connectivity index (χ0) is 17.2. The molecule has 1 aromatic rings. The first-order chi connectivity index (χ1) is 11.7. The lowest BCUT2D eigenvalue weighted by atomic mass is 9.94. The van der Waals surface area contributed by atoms with Crippen molar-refractivity contribution in [3.05, 3.63) is 34.3 Å². The van der Waals surface area contributed by atoms with E-state index in [1.54, 1.807) is 7.11 Å². The quantitative estimate of drug-likeness (QED) is 0.673. The fraction of sp³-hybridized carbons (Fsp3) is 0.632. The minimum absolute atomic E-state index is 0.0382. The number of ether oxygens (including phenoxy) is 1. The Balaban J connectivity index is 1.82. The number of carbonyl (C=O) groups is 1. The highest BCUT2D eigenvalue weighted by Gasteiger charge is 2.19. The molecule has 1 fully saturated rings. The highest BCUT2D eigenvalue weighted by molar-refractivity contribution is 9.10. The van der Waals surface area contributed by atoms with Crippen LogP contribution < -0.4 is 10.6 Å². The monoisotopic (exact) mass is 396 g/mol. The highest BCUT2D eigenvalue weighted by atomic mass is 79.9. The fourth-order valence-corrected chi connectivity index (χ4v) is 3.70. The van der Waals surface area contributed by atoms with E-state index in [0.29, 0.717) is 12.5 Å². The normalized spacial score (nSPS) is 19.0. The van der Waals surface area contributed by atoms with Crippen molar-refractivity contribution in [3.8, 4) is 0 Å². The molecular formula is C19H29BrN2O2. The Bertz CT molecular complexity index is 504. The van der Waals surface area contributed by atoms with Crippen LogP contribution in [0.3, 0.4) is 0 Å². The SMILES string of the molecule is COCCC(Cc1cccc(Br)c1)C(=O)NCCC1CCCNC1. The second kappa shape index (κ2) is 10.9. The van der Waals surface area contributed by atoms with Crippen molar-refractivity contribution >= 4 is 21.8 Å². The van der Waals surface area contributed by atoms with E-state index in [1.165, 1.54) is 18.4 Å². The summed E-state index contributed by atoms with van der Waals surface area (Å²) in [5, 5.41) is 6.57. The maximum atomic E-state index is 12.6. The van der Waals surface area contributed by atoms with Gasteiger partial charge in [-0.1, -0.05) is 28.1 Å². The number of benzene rings is 1. The summed E-state index contributed by atoms with van der Waals surface area (Å²) in [7, 11) is 1.68. The average Bonchev–Trinajstić information content (AvgIpc) is 2.59. The van der Waals surface area contributed by atoms with Crippen molar-refractivity contribution in [2.45, 2.75) is 32.1 Å². The topological polar surface area (TPSA) is 50.4 Å². The van der Waals surface area contributed by atoms with Gasteiger partial charge in [-0.25, -0.2) is 0 Å². The number of hydrogen-bond acceptors (Lipinski definition) is 3. The number of rotatable bonds is 9. The third kappa shape index (κ3) is 6.91. The van der Waals surface area contributed by atoms with Crippen molar-refractivity contribution in [1.82, 2.24) is 10.6 Å². The third-order valence-electron chi connectivity index (χ3n) is 4.66. The van der Waals surface area contributed by atoms with E-state index in [4.69, 9.17) is 4.74 Å². The summed E-state index contributed by atoms with van der Waals surface area (Å²) >= 11 is 3.50. The number of amides is 1. The lowest BCUT2D eigenvalue weighted by Crippen LogP contribution is -2.36. The van der Waals surface area contributed by atoms with Gasteiger partial charge in [0.25, 0.3) is 0 Å². The number of halogens is 1. The van der Waals surface area contributed by atoms with E-state index < -0.39 is 0 Å². The van der Waals surface area contributed by atoms with Crippen LogP contribution in [0.5, 0.6) is 0 Å². The van der Waals surface area contributed by atoms with E-state index in [9.17, 15) is 4.79 Å². The molecule has 1 heterocycles. The molecule has 1 aliphatic rings. The Kier molecular flexibility index (Phi) is 8.78. The van der Waals surface area contributed by atoms with Gasteiger partial charge in [0.15, 0.2) is 0 Å². The second-order valence-electron chi connectivity index (χ2n) is 6.60. The Morgan fingerprint density at radius 2 is 2.38 bits per heavy atom. The summed E-state index contributed by atoms with van der Waals surface area (Å²) in [6.07, 6.45) is 5.08. The van der Waals surface area contributed by atoms with Gasteiger partial charge in [-0.2, -0.15) is 0 Å². The number of nitrogens with one attached hydrogen (secondary N) is 2. The molecule has 1 aromatic carbocycles. The molecule has 134 valence electrons. The second-order valence-corrected chi connectivity index (χ2v) is 7.52. The van der Waals surface area contributed by atoms with E-state index in [-0.39, 0.29) is 11.8 Å². The first kappa shape index (κ1) is 19.4. The zero-order valence-corrected chi connectivity index (χ0v) is 16.1. The van der Waals surface area contributed by atoms with Crippen molar-refractivity contribution in [2.75, 3.05) is 33.4 Å². The molecule has 24 heavy (non-hydrogen) atoms. The Labute approximate surface area is 153 Å². The zero-order valence-electron chi connectivity index (χ0n) is 14.5. The summed E-state index contributed by atoms with van der Waals surface area (Å²) in [6, 6.07) is 8.18. The standard InChI is InChI=1S/C19H29BrN2O2/c1-24-11-8-17(12-16-4-2-6-18(20)13-16)19(23)22-10-7-15-5-3-9-21-14-15/h2,4,6,13,15,17,21H,3,5,7-12,14H2,1H3,(H,22,23). The minimum Gasteiger partial charge on any atom is -0.385 e. The van der Waals surface area contributed by atoms with Crippen LogP contribution in [0.4, 0.5) is 0 Å². The van der Waals surface area contributed by atoms with Crippen LogP contribution in [0.2, 0.25) is 0 Å². The Morgan fingerprint density at radius 3 is 3.08 bits per heavy atom. The van der Waals surface area contributed by atoms with Crippen molar-refractivity contribution in [1.29, 1.82) is 0 Å². The van der Waals surface area contributed by atoms with Gasteiger partial charge in [-0.3, -0.25) is 4.79 Å². The molecule has 2 atom stereocenters. The van der Waals surface area contributed by atoms with Gasteiger partial charge >= 0.3 is 0 Å². The van der Waals surface area contributed by atoms with Gasteiger partial charge in [0.05, 0.1) is 0 Å². The molecule has 0 saturated carbocycles. The minimum atomic E-state index is -0.0382. The lowest BCUT2D eigenvalue weighted by Gasteiger charge is -2.23. The third-order valence-corrected chi connectivity index (χ3v) is 5.16. The number of piperidine rings is 1. The van der Waals surface area contributed by atoms with Gasteiger partial charge in [0.1, 0.15) is 0 Å². The molecule has 2 rings (SSSR count). The van der Waals surface area contributed by atoms with Crippen LogP contribution in [0.25, 0.3) is 0 Å². The molecule has 1 amide bonds. The first-order valence-electron chi connectivity index (χ1n) is 8.91. The highest BCUT2D eigenvalue weighted by Crippen LogP contribution is 2.18. The van der Waals surface area contributed by atoms with Crippen molar-refractivity contribution in [2.24, 2.45) is 11.8 Å². The van der Waals surface area contributed by atoms with Crippen LogP contribution in [0, 0.1) is 11.8 Å². The molecular weight excluding hydrogens is 368 g/mol. The van der Waals surface area contributed by atoms with Gasteiger partial charge in [0.2, 0.25) is 5.91 Å². The number of carbonyl (C=O) groups excluding carboxylic acids is 1. The van der Waals surface area contributed by atoms with Crippen molar-refractivity contribution in [3.63, 3.8) is 0 Å². The molecule has 0 spiro atoms. The largest absolute Gasteiger partial charge is 0.385 e. The van der Waals surface area contributed by atoms with Crippen LogP contribution in [0.1, 0.15) is 31.2 Å². The van der Waals surface area contributed by atoms with E-state index in [1.807, 2.05) is 12.1 Å².